The molecule has 5 nitrogen and oxygen atoms in total. The molecule has 0 aliphatic carbocycles. The summed E-state index contributed by atoms with van der Waals surface area (Å²) in [6.45, 7) is 3.71. The summed E-state index contributed by atoms with van der Waals surface area (Å²) in [5, 5.41) is 9.96. The van der Waals surface area contributed by atoms with Gasteiger partial charge in [-0.25, -0.2) is 5.06 Å². The highest BCUT2D eigenvalue weighted by atomic mass is 32.2. The largest absolute Gasteiger partial charge is 0.374 e. The average Bonchev–Trinajstić information content (AvgIpc) is 3.07. The number of fused-ring (bicyclic) bond motifs is 2. The van der Waals surface area contributed by atoms with Crippen LogP contribution in [0.4, 0.5) is 0 Å². The normalized spacial score (nSPS) is 30.9. The van der Waals surface area contributed by atoms with Crippen LogP contribution in [0.3, 0.4) is 0 Å². The maximum absolute atomic E-state index is 11.9. The fourth-order valence-corrected chi connectivity index (χ4v) is 5.06. The maximum Gasteiger partial charge on any atom is 0.251 e. The molecule has 2 bridgehead atoms. The van der Waals surface area contributed by atoms with Crippen LogP contribution in [-0.4, -0.2) is 51.7 Å². The van der Waals surface area contributed by atoms with E-state index in [0.29, 0.717) is 35.5 Å². The molecular weight excluding hydrogens is 326 g/mol. The molecule has 2 aliphatic heterocycles. The zero-order valence-electron chi connectivity index (χ0n) is 15.2. The molecule has 1 N–H and O–H groups in total. The molecule has 6 heteroatoms. The number of carbonyl (C=O) groups is 1. The standard InChI is InChI=1S/C18H31NO4S/c1-18(2,17(20)19(3)21)11-7-5-6-8-13-14(12-24(4)22)16-10-9-15(13)23-16/h5-6,13-16,21H,7-12H2,1-4H3/t13-,14+,15-,16+,24?/m0/s1. The molecule has 2 aliphatic rings. The molecule has 0 aromatic carbocycles. The number of ether oxygens (including phenoxy) is 1. The van der Waals surface area contributed by atoms with Crippen LogP contribution in [-0.2, 0) is 20.3 Å². The lowest BCUT2D eigenvalue weighted by Crippen LogP contribution is -2.36. The zero-order valence-corrected chi connectivity index (χ0v) is 16.1. The van der Waals surface area contributed by atoms with Crippen molar-refractivity contribution in [3.63, 3.8) is 0 Å². The van der Waals surface area contributed by atoms with Crippen LogP contribution < -0.4 is 0 Å². The summed E-state index contributed by atoms with van der Waals surface area (Å²) >= 11 is 0. The highest BCUT2D eigenvalue weighted by molar-refractivity contribution is 7.84. The van der Waals surface area contributed by atoms with Crippen molar-refractivity contribution in [2.45, 2.75) is 58.2 Å². The van der Waals surface area contributed by atoms with Crippen molar-refractivity contribution in [1.82, 2.24) is 5.06 Å². The number of hydrogen-bond acceptors (Lipinski definition) is 4. The van der Waals surface area contributed by atoms with E-state index < -0.39 is 16.2 Å². The van der Waals surface area contributed by atoms with Gasteiger partial charge in [0.1, 0.15) is 0 Å². The Morgan fingerprint density at radius 1 is 1.29 bits per heavy atom. The van der Waals surface area contributed by atoms with Crippen LogP contribution in [0.25, 0.3) is 0 Å². The van der Waals surface area contributed by atoms with Gasteiger partial charge in [-0.15, -0.1) is 0 Å². The van der Waals surface area contributed by atoms with Gasteiger partial charge in [0.25, 0.3) is 5.91 Å². The van der Waals surface area contributed by atoms with Crippen LogP contribution in [0.15, 0.2) is 12.2 Å². The quantitative estimate of drug-likeness (QED) is 0.412. The lowest BCUT2D eigenvalue weighted by Gasteiger charge is -2.26. The summed E-state index contributed by atoms with van der Waals surface area (Å²) in [5.41, 5.74) is -0.564. The van der Waals surface area contributed by atoms with Gasteiger partial charge in [0, 0.05) is 41.2 Å². The number of carbonyl (C=O) groups excluding carboxylic acids is 1. The monoisotopic (exact) mass is 357 g/mol. The van der Waals surface area contributed by atoms with E-state index >= 15 is 0 Å². The van der Waals surface area contributed by atoms with Crippen molar-refractivity contribution in [3.8, 4) is 0 Å². The lowest BCUT2D eigenvalue weighted by molar-refractivity contribution is -0.169. The molecule has 0 radical (unpaired) electrons. The van der Waals surface area contributed by atoms with Crippen LogP contribution in [0, 0.1) is 17.3 Å². The predicted octanol–water partition coefficient (Wildman–Crippen LogP) is 2.76. The summed E-state index contributed by atoms with van der Waals surface area (Å²) in [7, 11) is 0.590. The van der Waals surface area contributed by atoms with E-state index in [9.17, 15) is 14.2 Å². The van der Waals surface area contributed by atoms with E-state index in [0.717, 1.165) is 31.4 Å². The van der Waals surface area contributed by atoms with Gasteiger partial charge in [-0.1, -0.05) is 26.0 Å². The van der Waals surface area contributed by atoms with E-state index in [1.807, 2.05) is 13.8 Å². The molecule has 2 fully saturated rings. The van der Waals surface area contributed by atoms with Gasteiger partial charge in [-0.05, 0) is 38.0 Å². The maximum atomic E-state index is 11.9. The van der Waals surface area contributed by atoms with Crippen LogP contribution in [0.2, 0.25) is 0 Å². The Bertz CT molecular complexity index is 503. The second-order valence-electron chi connectivity index (χ2n) is 7.82. The summed E-state index contributed by atoms with van der Waals surface area (Å²) in [6, 6.07) is 0. The van der Waals surface area contributed by atoms with Gasteiger partial charge in [0.05, 0.1) is 12.2 Å². The summed E-state index contributed by atoms with van der Waals surface area (Å²) in [4.78, 5) is 11.9. The molecule has 0 aromatic rings. The van der Waals surface area contributed by atoms with Gasteiger partial charge >= 0.3 is 0 Å². The van der Waals surface area contributed by atoms with E-state index in [1.54, 1.807) is 6.26 Å². The summed E-state index contributed by atoms with van der Waals surface area (Å²) < 4.78 is 17.6. The molecule has 2 heterocycles. The number of amides is 1. The number of nitrogens with zero attached hydrogens (tertiary/aromatic N) is 1. The Morgan fingerprint density at radius 3 is 2.50 bits per heavy atom. The third kappa shape index (κ3) is 4.67. The highest BCUT2D eigenvalue weighted by Gasteiger charge is 2.48. The fourth-order valence-electron chi connectivity index (χ4n) is 4.06. The number of allylic oxidation sites excluding steroid dienone is 2. The molecule has 138 valence electrons. The van der Waals surface area contributed by atoms with Crippen molar-refractivity contribution in [2.24, 2.45) is 17.3 Å². The first-order valence-electron chi connectivity index (χ1n) is 8.80. The Hall–Kier alpha value is -0.720. The number of hydrogen-bond donors (Lipinski definition) is 1. The Morgan fingerprint density at radius 2 is 1.92 bits per heavy atom. The van der Waals surface area contributed by atoms with Crippen molar-refractivity contribution in [1.29, 1.82) is 0 Å². The molecule has 0 saturated carbocycles. The van der Waals surface area contributed by atoms with Crippen molar-refractivity contribution < 1.29 is 18.9 Å². The number of hydroxylamine groups is 2. The predicted molar refractivity (Wildman–Crippen MR) is 95.1 cm³/mol. The van der Waals surface area contributed by atoms with Crippen molar-refractivity contribution in [3.05, 3.63) is 12.2 Å². The fraction of sp³-hybridized carbons (Fsp3) is 0.833. The second kappa shape index (κ2) is 8.11. The highest BCUT2D eigenvalue weighted by Crippen LogP contribution is 2.45. The smallest absolute Gasteiger partial charge is 0.251 e. The first kappa shape index (κ1) is 19.6. The third-order valence-corrected chi connectivity index (χ3v) is 6.26. The second-order valence-corrected chi connectivity index (χ2v) is 9.30. The SMILES string of the molecule is CN(O)C(=O)C(C)(C)CCC=CC[C@H]1[C@@H](CS(C)=O)[C@H]2CC[C@@H]1O2. The molecule has 2 saturated heterocycles. The molecular formula is C18H31NO4S. The first-order valence-corrected chi connectivity index (χ1v) is 10.5. The topological polar surface area (TPSA) is 66.8 Å². The lowest BCUT2D eigenvalue weighted by atomic mass is 9.78. The average molecular weight is 358 g/mol. The van der Waals surface area contributed by atoms with E-state index in [1.165, 1.54) is 7.05 Å². The molecule has 2 rings (SSSR count). The molecule has 1 unspecified atom stereocenters. The zero-order chi connectivity index (χ0) is 17.9. The minimum Gasteiger partial charge on any atom is -0.374 e. The van der Waals surface area contributed by atoms with Gasteiger partial charge in [0.2, 0.25) is 0 Å². The molecule has 1 amide bonds. The molecule has 24 heavy (non-hydrogen) atoms. The molecule has 0 spiro atoms. The van der Waals surface area contributed by atoms with E-state index in [4.69, 9.17) is 4.74 Å². The van der Waals surface area contributed by atoms with Gasteiger partial charge in [-0.3, -0.25) is 14.2 Å². The van der Waals surface area contributed by atoms with Gasteiger partial charge < -0.3 is 4.74 Å². The Kier molecular flexibility index (Phi) is 6.62. The Labute approximate surface area is 147 Å². The summed E-state index contributed by atoms with van der Waals surface area (Å²) in [5.74, 6) is 1.37. The van der Waals surface area contributed by atoms with E-state index in [-0.39, 0.29) is 5.91 Å². The minimum atomic E-state index is -0.778. The van der Waals surface area contributed by atoms with Gasteiger partial charge in [-0.2, -0.15) is 0 Å². The van der Waals surface area contributed by atoms with E-state index in [2.05, 4.69) is 12.2 Å². The minimum absolute atomic E-state index is 0.261. The van der Waals surface area contributed by atoms with Crippen molar-refractivity contribution in [2.75, 3.05) is 19.1 Å². The first-order chi connectivity index (χ1) is 11.2. The molecule has 5 atom stereocenters. The third-order valence-electron chi connectivity index (χ3n) is 5.40. The Balaban J connectivity index is 1.81. The van der Waals surface area contributed by atoms with Crippen LogP contribution >= 0.6 is 0 Å². The number of rotatable bonds is 8. The van der Waals surface area contributed by atoms with Crippen LogP contribution in [0.5, 0.6) is 0 Å². The van der Waals surface area contributed by atoms with Crippen LogP contribution in [0.1, 0.15) is 46.0 Å². The van der Waals surface area contributed by atoms with Crippen molar-refractivity contribution >= 4 is 16.7 Å². The van der Waals surface area contributed by atoms with Gasteiger partial charge in [0.15, 0.2) is 0 Å². The summed E-state index contributed by atoms with van der Waals surface area (Å²) in [6.07, 6.45) is 11.4. The molecule has 0 aromatic heterocycles.